The van der Waals surface area contributed by atoms with Gasteiger partial charge in [-0.1, -0.05) is 39.5 Å². The van der Waals surface area contributed by atoms with Crippen molar-refractivity contribution < 1.29 is 15.0 Å². The Hall–Kier alpha value is -1.77. The van der Waals surface area contributed by atoms with E-state index < -0.39 is 5.97 Å². The number of rotatable bonds is 2. The summed E-state index contributed by atoms with van der Waals surface area (Å²) in [5, 5.41) is 18.5. The van der Waals surface area contributed by atoms with Crippen LogP contribution < -0.4 is 0 Å². The number of aromatic hydroxyl groups is 1. The van der Waals surface area contributed by atoms with E-state index in [9.17, 15) is 9.90 Å². The summed E-state index contributed by atoms with van der Waals surface area (Å²) in [5.41, 5.74) is 1.03. The van der Waals surface area contributed by atoms with Crippen molar-refractivity contribution in [1.29, 1.82) is 0 Å². The van der Waals surface area contributed by atoms with E-state index >= 15 is 0 Å². The molecule has 1 aromatic carbocycles. The van der Waals surface area contributed by atoms with E-state index in [0.717, 1.165) is 5.56 Å². The second kappa shape index (κ2) is 4.00. The predicted molar refractivity (Wildman–Crippen MR) is 63.5 cm³/mol. The first kappa shape index (κ1) is 12.3. The molecular weight excluding hydrogens is 204 g/mol. The zero-order chi connectivity index (χ0) is 12.5. The van der Waals surface area contributed by atoms with Crippen molar-refractivity contribution in [2.45, 2.75) is 26.2 Å². The lowest BCUT2D eigenvalue weighted by Gasteiger charge is -2.19. The number of hydrogen-bond donors (Lipinski definition) is 2. The summed E-state index contributed by atoms with van der Waals surface area (Å²) in [6, 6.07) is 4.99. The molecule has 0 aromatic heterocycles. The Morgan fingerprint density at radius 3 is 2.25 bits per heavy atom. The molecule has 0 unspecified atom stereocenters. The van der Waals surface area contributed by atoms with Gasteiger partial charge in [0.05, 0.1) is 5.57 Å². The molecule has 16 heavy (non-hydrogen) atoms. The number of benzene rings is 1. The molecule has 0 heterocycles. The Labute approximate surface area is 95.0 Å². The summed E-state index contributed by atoms with van der Waals surface area (Å²) in [6.07, 6.45) is 0. The van der Waals surface area contributed by atoms with Crippen LogP contribution in [0.4, 0.5) is 0 Å². The minimum Gasteiger partial charge on any atom is -0.507 e. The molecule has 1 rings (SSSR count). The second-order valence-corrected chi connectivity index (χ2v) is 4.77. The van der Waals surface area contributed by atoms with Crippen LogP contribution in [0, 0.1) is 0 Å². The predicted octanol–water partition coefficient (Wildman–Crippen LogP) is 2.79. The molecule has 0 saturated heterocycles. The van der Waals surface area contributed by atoms with Crippen LogP contribution in [-0.4, -0.2) is 16.2 Å². The highest BCUT2D eigenvalue weighted by Gasteiger charge is 2.17. The Bertz CT molecular complexity index is 439. The second-order valence-electron chi connectivity index (χ2n) is 4.77. The van der Waals surface area contributed by atoms with E-state index in [1.54, 1.807) is 12.1 Å². The number of phenolic OH excluding ortho intramolecular Hbond substituents is 1. The number of carboxylic acids is 1. The fourth-order valence-electron chi connectivity index (χ4n) is 1.37. The number of carbonyl (C=O) groups is 1. The molecule has 0 spiro atoms. The van der Waals surface area contributed by atoms with E-state index in [-0.39, 0.29) is 22.3 Å². The Morgan fingerprint density at radius 2 is 1.88 bits per heavy atom. The van der Waals surface area contributed by atoms with Gasteiger partial charge in [-0.15, -0.1) is 0 Å². The minimum atomic E-state index is -1.13. The molecule has 1 aromatic rings. The van der Waals surface area contributed by atoms with Gasteiger partial charge < -0.3 is 10.2 Å². The molecule has 0 saturated carbocycles. The lowest BCUT2D eigenvalue weighted by molar-refractivity contribution is -0.130. The molecule has 0 aliphatic carbocycles. The standard InChI is InChI=1S/C13H16O3/c1-8(12(15)16)10-6-5-9(7-11(10)14)13(2,3)4/h5-7,14H,1H2,2-4H3,(H,15,16). The van der Waals surface area contributed by atoms with Gasteiger partial charge in [-0.25, -0.2) is 4.79 Å². The van der Waals surface area contributed by atoms with Crippen LogP contribution in [0.3, 0.4) is 0 Å². The summed E-state index contributed by atoms with van der Waals surface area (Å²) in [6.45, 7) is 9.48. The maximum Gasteiger partial charge on any atom is 0.335 e. The Balaban J connectivity index is 3.20. The van der Waals surface area contributed by atoms with Gasteiger partial charge in [0.15, 0.2) is 0 Å². The molecule has 3 heteroatoms. The van der Waals surface area contributed by atoms with Crippen molar-refractivity contribution >= 4 is 11.5 Å². The van der Waals surface area contributed by atoms with Crippen LogP contribution in [0.15, 0.2) is 24.8 Å². The lowest BCUT2D eigenvalue weighted by Crippen LogP contribution is -2.11. The van der Waals surface area contributed by atoms with Crippen molar-refractivity contribution in [1.82, 2.24) is 0 Å². The van der Waals surface area contributed by atoms with Crippen LogP contribution in [0.2, 0.25) is 0 Å². The average molecular weight is 220 g/mol. The van der Waals surface area contributed by atoms with E-state index in [2.05, 4.69) is 6.58 Å². The van der Waals surface area contributed by atoms with Crippen molar-refractivity contribution in [2.75, 3.05) is 0 Å². The van der Waals surface area contributed by atoms with Crippen LogP contribution in [-0.2, 0) is 10.2 Å². The fourth-order valence-corrected chi connectivity index (χ4v) is 1.37. The molecular formula is C13H16O3. The topological polar surface area (TPSA) is 57.5 Å². The molecule has 0 aliphatic heterocycles. The molecule has 3 nitrogen and oxygen atoms in total. The van der Waals surface area contributed by atoms with Crippen molar-refractivity contribution in [3.63, 3.8) is 0 Å². The zero-order valence-electron chi connectivity index (χ0n) is 9.74. The van der Waals surface area contributed by atoms with E-state index in [1.807, 2.05) is 26.8 Å². The monoisotopic (exact) mass is 220 g/mol. The molecule has 0 atom stereocenters. The zero-order valence-corrected chi connectivity index (χ0v) is 9.74. The highest BCUT2D eigenvalue weighted by molar-refractivity contribution is 6.15. The fraction of sp³-hybridized carbons (Fsp3) is 0.308. The maximum atomic E-state index is 10.7. The van der Waals surface area contributed by atoms with E-state index in [4.69, 9.17) is 5.11 Å². The van der Waals surface area contributed by atoms with Gasteiger partial charge in [-0.05, 0) is 17.0 Å². The summed E-state index contributed by atoms with van der Waals surface area (Å²) in [4.78, 5) is 10.7. The highest BCUT2D eigenvalue weighted by atomic mass is 16.4. The maximum absolute atomic E-state index is 10.7. The molecule has 86 valence electrons. The summed E-state index contributed by atoms with van der Waals surface area (Å²) >= 11 is 0. The molecule has 0 amide bonds. The first-order valence-electron chi connectivity index (χ1n) is 4.99. The van der Waals surface area contributed by atoms with E-state index in [0.29, 0.717) is 0 Å². The molecule has 0 aliphatic rings. The Kier molecular flexibility index (Phi) is 3.08. The first-order valence-corrected chi connectivity index (χ1v) is 4.99. The third-order valence-corrected chi connectivity index (χ3v) is 2.45. The molecule has 0 radical (unpaired) electrons. The van der Waals surface area contributed by atoms with Crippen LogP contribution in [0.1, 0.15) is 31.9 Å². The van der Waals surface area contributed by atoms with Crippen LogP contribution >= 0.6 is 0 Å². The van der Waals surface area contributed by atoms with Gasteiger partial charge >= 0.3 is 5.97 Å². The van der Waals surface area contributed by atoms with Crippen molar-refractivity contribution in [2.24, 2.45) is 0 Å². The third kappa shape index (κ3) is 2.42. The third-order valence-electron chi connectivity index (χ3n) is 2.45. The van der Waals surface area contributed by atoms with Gasteiger partial charge in [0.25, 0.3) is 0 Å². The quantitative estimate of drug-likeness (QED) is 0.753. The van der Waals surface area contributed by atoms with Gasteiger partial charge in [0.1, 0.15) is 5.75 Å². The smallest absolute Gasteiger partial charge is 0.335 e. The van der Waals surface area contributed by atoms with E-state index in [1.165, 1.54) is 0 Å². The SMILES string of the molecule is C=C(C(=O)O)c1ccc(C(C)(C)C)cc1O. The Morgan fingerprint density at radius 1 is 1.31 bits per heavy atom. The van der Waals surface area contributed by atoms with Crippen molar-refractivity contribution in [3.05, 3.63) is 35.9 Å². The number of hydrogen-bond acceptors (Lipinski definition) is 2. The number of phenols is 1. The summed E-state index contributed by atoms with van der Waals surface area (Å²) in [5.74, 6) is -1.17. The first-order chi connectivity index (χ1) is 7.23. The van der Waals surface area contributed by atoms with Gasteiger partial charge in [-0.2, -0.15) is 0 Å². The summed E-state index contributed by atoms with van der Waals surface area (Å²) in [7, 11) is 0. The number of aliphatic carboxylic acids is 1. The van der Waals surface area contributed by atoms with Gasteiger partial charge in [0, 0.05) is 5.56 Å². The lowest BCUT2D eigenvalue weighted by atomic mass is 9.86. The molecule has 0 bridgehead atoms. The van der Waals surface area contributed by atoms with Crippen LogP contribution in [0.25, 0.3) is 5.57 Å². The van der Waals surface area contributed by atoms with Gasteiger partial charge in [-0.3, -0.25) is 0 Å². The van der Waals surface area contributed by atoms with Crippen LogP contribution in [0.5, 0.6) is 5.75 Å². The average Bonchev–Trinajstić information content (AvgIpc) is 2.15. The molecule has 2 N–H and O–H groups in total. The van der Waals surface area contributed by atoms with Gasteiger partial charge in [0.2, 0.25) is 0 Å². The number of carboxylic acid groups (broad SMARTS) is 1. The molecule has 0 fully saturated rings. The van der Waals surface area contributed by atoms with Crippen molar-refractivity contribution in [3.8, 4) is 5.75 Å². The normalized spacial score (nSPS) is 11.2. The largest absolute Gasteiger partial charge is 0.507 e. The highest BCUT2D eigenvalue weighted by Crippen LogP contribution is 2.30. The minimum absolute atomic E-state index is 0.0418. The summed E-state index contributed by atoms with van der Waals surface area (Å²) < 4.78 is 0.